The number of carbonyl (C=O) groups excluding carboxylic acids is 1. The normalized spacial score (nSPS) is 24.7. The Morgan fingerprint density at radius 3 is 2.75 bits per heavy atom. The van der Waals surface area contributed by atoms with Crippen molar-refractivity contribution >= 4 is 11.8 Å². The Balaban J connectivity index is 0.00000225. The van der Waals surface area contributed by atoms with Gasteiger partial charge in [0.05, 0.1) is 0 Å². The first-order chi connectivity index (χ1) is 7.15. The number of ketones is 1. The van der Waals surface area contributed by atoms with Gasteiger partial charge in [0.1, 0.15) is 5.78 Å². The highest BCUT2D eigenvalue weighted by atomic mass is 16.4. The van der Waals surface area contributed by atoms with Gasteiger partial charge in [-0.25, -0.2) is 0 Å². The van der Waals surface area contributed by atoms with Crippen molar-refractivity contribution in [3.05, 3.63) is 12.2 Å². The van der Waals surface area contributed by atoms with Gasteiger partial charge in [-0.2, -0.15) is 0 Å². The number of allylic oxidation sites excluding steroid dienone is 2. The lowest BCUT2D eigenvalue weighted by atomic mass is 9.89. The smallest absolute Gasteiger partial charge is 0.303 e. The Labute approximate surface area is 96.3 Å². The van der Waals surface area contributed by atoms with Crippen molar-refractivity contribution in [3.63, 3.8) is 0 Å². The molecule has 0 heterocycles. The summed E-state index contributed by atoms with van der Waals surface area (Å²) in [5.74, 6) is -0.554. The van der Waals surface area contributed by atoms with Gasteiger partial charge in [-0.05, 0) is 25.2 Å². The lowest BCUT2D eigenvalue weighted by Gasteiger charge is -2.14. The molecule has 1 rings (SSSR count). The second-order valence-corrected chi connectivity index (χ2v) is 4.08. The summed E-state index contributed by atoms with van der Waals surface area (Å²) in [6, 6.07) is 0. The summed E-state index contributed by atoms with van der Waals surface area (Å²) in [4.78, 5) is 22.1. The summed E-state index contributed by atoms with van der Waals surface area (Å²) >= 11 is 0. The molecule has 4 nitrogen and oxygen atoms in total. The van der Waals surface area contributed by atoms with E-state index in [9.17, 15) is 9.59 Å². The van der Waals surface area contributed by atoms with Crippen molar-refractivity contribution in [2.75, 3.05) is 0 Å². The van der Waals surface area contributed by atoms with Crippen LogP contribution in [0.2, 0.25) is 0 Å². The molecule has 0 radical (unpaired) electrons. The highest BCUT2D eigenvalue weighted by Gasteiger charge is 2.34. The molecule has 4 N–H and O–H groups in total. The van der Waals surface area contributed by atoms with Gasteiger partial charge in [0.25, 0.3) is 0 Å². The van der Waals surface area contributed by atoms with Crippen LogP contribution in [0.15, 0.2) is 12.2 Å². The zero-order valence-electron chi connectivity index (χ0n) is 9.82. The number of carbonyl (C=O) groups is 2. The molecule has 0 aliphatic heterocycles. The minimum Gasteiger partial charge on any atom is -0.481 e. The zero-order valence-corrected chi connectivity index (χ0v) is 9.82. The van der Waals surface area contributed by atoms with E-state index in [0.717, 1.165) is 12.8 Å². The van der Waals surface area contributed by atoms with Gasteiger partial charge in [0.15, 0.2) is 0 Å². The average Bonchev–Trinajstić information content (AvgIpc) is 2.49. The molecule has 0 spiro atoms. The van der Waals surface area contributed by atoms with Crippen LogP contribution < -0.4 is 6.15 Å². The van der Waals surface area contributed by atoms with Gasteiger partial charge in [0.2, 0.25) is 0 Å². The number of carboxylic acid groups (broad SMARTS) is 1. The molecule has 1 aliphatic carbocycles. The lowest BCUT2D eigenvalue weighted by molar-refractivity contribution is -0.138. The van der Waals surface area contributed by atoms with E-state index in [4.69, 9.17) is 5.11 Å². The van der Waals surface area contributed by atoms with E-state index in [1.165, 1.54) is 0 Å². The number of rotatable bonds is 5. The molecule has 16 heavy (non-hydrogen) atoms. The van der Waals surface area contributed by atoms with Crippen molar-refractivity contribution in [1.29, 1.82) is 0 Å². The van der Waals surface area contributed by atoms with Crippen LogP contribution in [0.5, 0.6) is 0 Å². The van der Waals surface area contributed by atoms with E-state index < -0.39 is 5.97 Å². The molecule has 1 fully saturated rings. The molecule has 0 amide bonds. The Morgan fingerprint density at radius 1 is 1.50 bits per heavy atom. The topological polar surface area (TPSA) is 89.4 Å². The second-order valence-electron chi connectivity index (χ2n) is 4.08. The van der Waals surface area contributed by atoms with Crippen LogP contribution in [0.3, 0.4) is 0 Å². The van der Waals surface area contributed by atoms with Gasteiger partial charge < -0.3 is 11.3 Å². The third-order valence-electron chi connectivity index (χ3n) is 2.97. The summed E-state index contributed by atoms with van der Waals surface area (Å²) in [7, 11) is 0. The Bertz CT molecular complexity index is 273. The Hall–Kier alpha value is -1.16. The predicted molar refractivity (Wildman–Crippen MR) is 62.5 cm³/mol. The van der Waals surface area contributed by atoms with Gasteiger partial charge in [-0.3, -0.25) is 9.59 Å². The van der Waals surface area contributed by atoms with Crippen molar-refractivity contribution < 1.29 is 14.7 Å². The number of hydrogen-bond acceptors (Lipinski definition) is 3. The van der Waals surface area contributed by atoms with Crippen LogP contribution in [-0.2, 0) is 9.59 Å². The molecule has 0 unspecified atom stereocenters. The van der Waals surface area contributed by atoms with Crippen molar-refractivity contribution in [2.45, 2.75) is 39.0 Å². The first-order valence-corrected chi connectivity index (χ1v) is 5.54. The average molecular weight is 227 g/mol. The van der Waals surface area contributed by atoms with E-state index >= 15 is 0 Å². The van der Waals surface area contributed by atoms with Crippen LogP contribution in [0, 0.1) is 11.8 Å². The molecule has 0 aromatic rings. The molecule has 1 saturated carbocycles. The molecular weight excluding hydrogens is 206 g/mol. The number of carboxylic acids is 1. The minimum atomic E-state index is -0.792. The summed E-state index contributed by atoms with van der Waals surface area (Å²) < 4.78 is 0. The van der Waals surface area contributed by atoms with Crippen LogP contribution >= 0.6 is 0 Å². The molecule has 1 aliphatic rings. The monoisotopic (exact) mass is 227 g/mol. The van der Waals surface area contributed by atoms with E-state index in [-0.39, 0.29) is 30.2 Å². The Kier molecular flexibility index (Phi) is 6.65. The molecule has 0 bridgehead atoms. The lowest BCUT2D eigenvalue weighted by Crippen LogP contribution is -2.17. The maximum absolute atomic E-state index is 11.5. The third kappa shape index (κ3) is 4.14. The summed E-state index contributed by atoms with van der Waals surface area (Å²) in [5.41, 5.74) is 0. The van der Waals surface area contributed by atoms with Gasteiger partial charge >= 0.3 is 5.97 Å². The molecule has 0 aromatic heterocycles. The van der Waals surface area contributed by atoms with Crippen LogP contribution in [0.4, 0.5) is 0 Å². The maximum Gasteiger partial charge on any atom is 0.303 e. The molecule has 2 atom stereocenters. The van der Waals surface area contributed by atoms with Crippen molar-refractivity contribution in [3.8, 4) is 0 Å². The molecule has 92 valence electrons. The van der Waals surface area contributed by atoms with E-state index in [1.54, 1.807) is 0 Å². The number of aliphatic carboxylic acids is 1. The fourth-order valence-electron chi connectivity index (χ4n) is 2.18. The first-order valence-electron chi connectivity index (χ1n) is 5.54. The largest absolute Gasteiger partial charge is 0.481 e. The maximum atomic E-state index is 11.5. The van der Waals surface area contributed by atoms with Crippen LogP contribution in [-0.4, -0.2) is 16.9 Å². The van der Waals surface area contributed by atoms with E-state index in [0.29, 0.717) is 12.8 Å². The predicted octanol–water partition coefficient (Wildman–Crippen LogP) is 2.57. The summed E-state index contributed by atoms with van der Waals surface area (Å²) in [6.45, 7) is 2.04. The first kappa shape index (κ1) is 14.8. The molecule has 0 saturated heterocycles. The fourth-order valence-corrected chi connectivity index (χ4v) is 2.18. The summed E-state index contributed by atoms with van der Waals surface area (Å²) in [5, 5.41) is 8.72. The van der Waals surface area contributed by atoms with Crippen molar-refractivity contribution in [2.24, 2.45) is 11.8 Å². The number of hydrogen-bond donors (Lipinski definition) is 2. The van der Waals surface area contributed by atoms with Gasteiger partial charge in [-0.1, -0.05) is 19.1 Å². The Morgan fingerprint density at radius 2 is 2.19 bits per heavy atom. The van der Waals surface area contributed by atoms with E-state index in [2.05, 4.69) is 0 Å². The number of Topliss-reactive ketones (excluding diaryl/α,β-unsaturated/α-hetero) is 1. The van der Waals surface area contributed by atoms with E-state index in [1.807, 2.05) is 19.1 Å². The molecule has 4 heteroatoms. The molecular formula is C12H21NO3. The second kappa shape index (κ2) is 7.17. The minimum absolute atomic E-state index is 0. The van der Waals surface area contributed by atoms with Gasteiger partial charge in [-0.15, -0.1) is 0 Å². The van der Waals surface area contributed by atoms with Crippen LogP contribution in [0.25, 0.3) is 0 Å². The summed E-state index contributed by atoms with van der Waals surface area (Å²) in [6.07, 6.45) is 7.15. The third-order valence-corrected chi connectivity index (χ3v) is 2.97. The molecule has 0 aromatic carbocycles. The standard InChI is InChI=1S/C12H18O3.H3N/c1-2-3-4-5-10-9(8-12(14)15)6-7-11(10)13;/h3-4,9-10H,2,5-8H2,1H3,(H,14,15);1H3/b4-3-;/t9-,10-;/m0./s1. The van der Waals surface area contributed by atoms with Gasteiger partial charge in [0, 0.05) is 18.8 Å². The highest BCUT2D eigenvalue weighted by molar-refractivity contribution is 5.84. The quantitative estimate of drug-likeness (QED) is 0.706. The fraction of sp³-hybridized carbons (Fsp3) is 0.667. The van der Waals surface area contributed by atoms with Crippen molar-refractivity contribution in [1.82, 2.24) is 6.15 Å². The highest BCUT2D eigenvalue weighted by Crippen LogP contribution is 2.33. The zero-order chi connectivity index (χ0) is 11.3. The van der Waals surface area contributed by atoms with Crippen LogP contribution in [0.1, 0.15) is 39.0 Å². The SMILES string of the molecule is CC/C=C\C[C@@H]1C(=O)CC[C@H]1CC(=O)O.N.